The van der Waals surface area contributed by atoms with E-state index in [4.69, 9.17) is 18.2 Å². The van der Waals surface area contributed by atoms with Gasteiger partial charge in [0.05, 0.1) is 20.9 Å². The summed E-state index contributed by atoms with van der Waals surface area (Å²) in [5, 5.41) is 0. The van der Waals surface area contributed by atoms with E-state index >= 15 is 0 Å². The summed E-state index contributed by atoms with van der Waals surface area (Å²) in [6, 6.07) is -0.0307. The number of piperidine rings is 1. The molecule has 0 saturated carbocycles. The minimum absolute atomic E-state index is 0.0514. The minimum atomic E-state index is -0.883. The number of carbonyl (C=O) groups excluding carboxylic acids is 1. The van der Waals surface area contributed by atoms with Gasteiger partial charge < -0.3 is 18.9 Å². The van der Waals surface area contributed by atoms with E-state index in [9.17, 15) is 4.79 Å². The molecule has 1 unspecified atom stereocenters. The average Bonchev–Trinajstić information content (AvgIpc) is 2.84. The fraction of sp³-hybridized carbons (Fsp3) is 0.714. The Morgan fingerprint density at radius 2 is 1.96 bits per heavy atom. The summed E-state index contributed by atoms with van der Waals surface area (Å²) in [6.45, 7) is 14.0. The number of amides is 1. The lowest BCUT2D eigenvalue weighted by Gasteiger charge is -2.34. The molecule has 0 spiro atoms. The quantitative estimate of drug-likeness (QED) is 0.723. The molecule has 0 N–H and O–H groups in total. The van der Waals surface area contributed by atoms with Gasteiger partial charge in [-0.05, 0) is 79.0 Å². The van der Waals surface area contributed by atoms with Crippen LogP contribution in [0, 0.1) is 0 Å². The molecule has 0 aromatic carbocycles. The molecule has 2 aliphatic rings. The van der Waals surface area contributed by atoms with Crippen LogP contribution in [0.2, 0.25) is 0 Å². The summed E-state index contributed by atoms with van der Waals surface area (Å²) >= 11 is 0. The van der Waals surface area contributed by atoms with Gasteiger partial charge >= 0.3 is 13.2 Å². The van der Waals surface area contributed by atoms with Gasteiger partial charge in [0, 0.05) is 25.2 Å². The third-order valence-electron chi connectivity index (χ3n) is 5.59. The summed E-state index contributed by atoms with van der Waals surface area (Å²) in [5.41, 5.74) is -1.18. The normalized spacial score (nSPS) is 25.8. The van der Waals surface area contributed by atoms with Gasteiger partial charge in [0.25, 0.3) is 0 Å². The highest BCUT2D eigenvalue weighted by Crippen LogP contribution is 2.36. The predicted octanol–water partition coefficient (Wildman–Crippen LogP) is 3.50. The molecule has 0 aliphatic carbocycles. The van der Waals surface area contributed by atoms with Crippen LogP contribution < -0.4 is 5.59 Å². The van der Waals surface area contributed by atoms with Crippen LogP contribution in [0.3, 0.4) is 0 Å². The van der Waals surface area contributed by atoms with Crippen molar-refractivity contribution in [2.24, 2.45) is 0 Å². The summed E-state index contributed by atoms with van der Waals surface area (Å²) in [4.78, 5) is 18.4. The largest absolute Gasteiger partial charge is 0.514 e. The molecule has 1 aromatic heterocycles. The fourth-order valence-electron chi connectivity index (χ4n) is 3.32. The molecule has 1 atom stereocenters. The van der Waals surface area contributed by atoms with Gasteiger partial charge in [0.2, 0.25) is 0 Å². The van der Waals surface area contributed by atoms with E-state index in [-0.39, 0.29) is 29.8 Å². The smallest absolute Gasteiger partial charge is 0.444 e. The van der Waals surface area contributed by atoms with Crippen molar-refractivity contribution in [1.82, 2.24) is 9.88 Å². The predicted molar refractivity (Wildman–Crippen MR) is 110 cm³/mol. The molecule has 6 nitrogen and oxygen atoms in total. The summed E-state index contributed by atoms with van der Waals surface area (Å²) < 4.78 is 43.1. The second-order valence-corrected chi connectivity index (χ2v) is 9.63. The Kier molecular flexibility index (Phi) is 4.53. The van der Waals surface area contributed by atoms with Crippen LogP contribution in [0.15, 0.2) is 18.3 Å². The molecule has 0 radical (unpaired) electrons. The third-order valence-corrected chi connectivity index (χ3v) is 5.59. The van der Waals surface area contributed by atoms with E-state index in [1.165, 1.54) is 0 Å². The molecular formula is C21H33BN2O4. The van der Waals surface area contributed by atoms with Crippen molar-refractivity contribution in [2.45, 2.75) is 84.0 Å². The zero-order valence-corrected chi connectivity index (χ0v) is 18.0. The second-order valence-electron chi connectivity index (χ2n) is 9.63. The van der Waals surface area contributed by atoms with Gasteiger partial charge in [-0.3, -0.25) is 4.98 Å². The number of carbonyl (C=O) groups is 1. The first-order valence-corrected chi connectivity index (χ1v) is 9.94. The van der Waals surface area contributed by atoms with Gasteiger partial charge in [-0.15, -0.1) is 0 Å². The number of hydrogen-bond donors (Lipinski definition) is 0. The Bertz CT molecular complexity index is 857. The van der Waals surface area contributed by atoms with Crippen LogP contribution in [-0.2, 0) is 14.0 Å². The summed E-state index contributed by atoms with van der Waals surface area (Å²) in [7, 11) is -0.883. The van der Waals surface area contributed by atoms with Gasteiger partial charge in [0.15, 0.2) is 0 Å². The van der Waals surface area contributed by atoms with Crippen molar-refractivity contribution >= 4 is 18.8 Å². The zero-order valence-electron chi connectivity index (χ0n) is 21.0. The Morgan fingerprint density at radius 1 is 1.32 bits per heavy atom. The summed E-state index contributed by atoms with van der Waals surface area (Å²) in [6.07, 6.45) is 0.819. The van der Waals surface area contributed by atoms with Crippen LogP contribution in [0.5, 0.6) is 0 Å². The molecule has 1 amide bonds. The number of aromatic nitrogens is 1. The topological polar surface area (TPSA) is 60.9 Å². The van der Waals surface area contributed by atoms with Gasteiger partial charge in [-0.2, -0.15) is 0 Å². The Hall–Kier alpha value is -1.60. The van der Waals surface area contributed by atoms with Crippen molar-refractivity contribution in [3.05, 3.63) is 23.8 Å². The van der Waals surface area contributed by atoms with Crippen LogP contribution in [0.4, 0.5) is 4.79 Å². The number of hydrogen-bond acceptors (Lipinski definition) is 5. The first-order chi connectivity index (χ1) is 14.1. The standard InChI is InChI=1S/C21H33BN2O4/c1-19(2,3)26-18(25)24-12-8-9-16(14-24)15-10-11-23-17(13-15)22-27-20(4,5)21(6,7)28-22/h10-11,13,16H,8-9,12,14H2,1-7H3/i10D,11D,13D. The lowest BCUT2D eigenvalue weighted by atomic mass is 9.81. The second kappa shape index (κ2) is 7.34. The highest BCUT2D eigenvalue weighted by Gasteiger charge is 2.52. The molecule has 28 heavy (non-hydrogen) atoms. The maximum atomic E-state index is 12.6. The fourth-order valence-corrected chi connectivity index (χ4v) is 3.32. The van der Waals surface area contributed by atoms with Crippen LogP contribution in [-0.4, -0.2) is 53.0 Å². The highest BCUT2D eigenvalue weighted by molar-refractivity contribution is 6.61. The highest BCUT2D eigenvalue weighted by atomic mass is 16.7. The van der Waals surface area contributed by atoms with Crippen molar-refractivity contribution in [3.63, 3.8) is 0 Å². The van der Waals surface area contributed by atoms with Gasteiger partial charge in [-0.25, -0.2) is 4.79 Å². The Balaban J connectivity index is 1.92. The van der Waals surface area contributed by atoms with Crippen molar-refractivity contribution in [3.8, 4) is 0 Å². The van der Waals surface area contributed by atoms with Gasteiger partial charge in [-0.1, -0.05) is 0 Å². The van der Waals surface area contributed by atoms with E-state index in [2.05, 4.69) is 4.98 Å². The first-order valence-electron chi connectivity index (χ1n) is 11.4. The zero-order chi connectivity index (χ0) is 23.4. The Labute approximate surface area is 173 Å². The molecule has 2 saturated heterocycles. The van der Waals surface area contributed by atoms with Crippen molar-refractivity contribution in [2.75, 3.05) is 13.1 Å². The third kappa shape index (κ3) is 4.52. The molecule has 154 valence electrons. The molecule has 3 rings (SSSR count). The van der Waals surface area contributed by atoms with E-state index in [0.29, 0.717) is 25.1 Å². The average molecular weight is 391 g/mol. The van der Waals surface area contributed by atoms with Crippen LogP contribution >= 0.6 is 0 Å². The van der Waals surface area contributed by atoms with Crippen LogP contribution in [0.25, 0.3) is 0 Å². The van der Waals surface area contributed by atoms with Crippen molar-refractivity contribution < 1.29 is 23.0 Å². The van der Waals surface area contributed by atoms with E-state index in [0.717, 1.165) is 6.42 Å². The number of nitrogens with zero attached hydrogens (tertiary/aromatic N) is 2. The lowest BCUT2D eigenvalue weighted by Crippen LogP contribution is -2.42. The van der Waals surface area contributed by atoms with E-state index in [1.807, 2.05) is 48.5 Å². The van der Waals surface area contributed by atoms with Gasteiger partial charge in [0.1, 0.15) is 5.60 Å². The first kappa shape index (κ1) is 17.3. The van der Waals surface area contributed by atoms with Crippen molar-refractivity contribution in [1.29, 1.82) is 0 Å². The molecule has 0 bridgehead atoms. The number of pyridine rings is 1. The number of rotatable bonds is 2. The molecular weight excluding hydrogens is 355 g/mol. The van der Waals surface area contributed by atoms with Crippen LogP contribution in [0.1, 0.15) is 76.9 Å². The number of ether oxygens (including phenoxy) is 1. The monoisotopic (exact) mass is 391 g/mol. The molecule has 1 aromatic rings. The lowest BCUT2D eigenvalue weighted by molar-refractivity contribution is 0.00578. The molecule has 7 heteroatoms. The number of likely N-dealkylation sites (tertiary alicyclic amines) is 1. The maximum Gasteiger partial charge on any atom is 0.514 e. The van der Waals surface area contributed by atoms with E-state index < -0.39 is 30.0 Å². The molecule has 3 heterocycles. The molecule has 2 aliphatic heterocycles. The molecule has 2 fully saturated rings. The summed E-state index contributed by atoms with van der Waals surface area (Å²) in [5.74, 6) is -0.255. The minimum Gasteiger partial charge on any atom is -0.444 e. The SMILES string of the molecule is [2H]c1nc(B2OC(C)(C)C(C)(C)O2)c([2H])c(C2CCCN(C(=O)OC(C)(C)C)C2)c1[2H]. The Morgan fingerprint density at radius 3 is 2.57 bits per heavy atom. The van der Waals surface area contributed by atoms with E-state index in [1.54, 1.807) is 4.90 Å². The maximum absolute atomic E-state index is 12.6.